The van der Waals surface area contributed by atoms with Gasteiger partial charge in [-0.15, -0.1) is 11.3 Å². The van der Waals surface area contributed by atoms with Crippen LogP contribution in [0, 0.1) is 0 Å². The summed E-state index contributed by atoms with van der Waals surface area (Å²) in [5, 5.41) is 7.34. The molecule has 3 aromatic rings. The molecule has 12 heteroatoms. The normalized spacial score (nSPS) is 11.7. The highest BCUT2D eigenvalue weighted by Crippen LogP contribution is 2.31. The van der Waals surface area contributed by atoms with Gasteiger partial charge in [-0.2, -0.15) is 23.3 Å². The van der Waals surface area contributed by atoms with Crippen LogP contribution in [0.4, 0.5) is 13.2 Å². The molecule has 0 aromatic carbocycles. The molecule has 3 aromatic heterocycles. The number of hydrogen-bond acceptors (Lipinski definition) is 7. The Hall–Kier alpha value is -2.76. The summed E-state index contributed by atoms with van der Waals surface area (Å²) in [6.45, 7) is 0.240. The minimum Gasteiger partial charge on any atom is -0.342 e. The van der Waals surface area contributed by atoms with Crippen molar-refractivity contribution in [3.8, 4) is 10.7 Å². The Labute approximate surface area is 142 Å². The van der Waals surface area contributed by atoms with Crippen LogP contribution in [0.3, 0.4) is 0 Å². The Kier molecular flexibility index (Phi) is 4.29. The largest absolute Gasteiger partial charge is 0.471 e. The summed E-state index contributed by atoms with van der Waals surface area (Å²) < 4.78 is 43.2. The van der Waals surface area contributed by atoms with Gasteiger partial charge in [0.05, 0.1) is 11.4 Å². The quantitative estimate of drug-likeness (QED) is 0.697. The number of thiophene rings is 1. The van der Waals surface area contributed by atoms with Crippen molar-refractivity contribution in [3.63, 3.8) is 0 Å². The summed E-state index contributed by atoms with van der Waals surface area (Å²) in [5.41, 5.74) is 0. The second kappa shape index (κ2) is 6.27. The van der Waals surface area contributed by atoms with E-state index >= 15 is 0 Å². The molecule has 0 N–H and O–H groups in total. The van der Waals surface area contributed by atoms with Crippen LogP contribution in [0.25, 0.3) is 10.7 Å². The fourth-order valence-corrected chi connectivity index (χ4v) is 2.83. The molecular weight excluding hydrogens is 361 g/mol. The van der Waals surface area contributed by atoms with Crippen LogP contribution in [-0.4, -0.2) is 49.8 Å². The lowest BCUT2D eigenvalue weighted by Gasteiger charge is -2.10. The van der Waals surface area contributed by atoms with Gasteiger partial charge in [0.15, 0.2) is 0 Å². The first-order valence-electron chi connectivity index (χ1n) is 6.85. The minimum absolute atomic E-state index is 0.147. The molecule has 0 spiro atoms. The van der Waals surface area contributed by atoms with Gasteiger partial charge in [-0.1, -0.05) is 5.16 Å². The van der Waals surface area contributed by atoms with Crippen molar-refractivity contribution in [1.29, 1.82) is 0 Å². The molecule has 0 atom stereocenters. The number of halogens is 3. The second-order valence-corrected chi connectivity index (χ2v) is 6.30. The average molecular weight is 372 g/mol. The third-order valence-electron chi connectivity index (χ3n) is 3.07. The van der Waals surface area contributed by atoms with Crippen LogP contribution in [0.2, 0.25) is 0 Å². The van der Waals surface area contributed by atoms with Gasteiger partial charge in [0, 0.05) is 19.0 Å². The molecule has 0 aliphatic carbocycles. The van der Waals surface area contributed by atoms with Gasteiger partial charge >= 0.3 is 12.1 Å². The lowest BCUT2D eigenvalue weighted by atomic mass is 10.4. The minimum atomic E-state index is -4.69. The Morgan fingerprint density at radius 1 is 1.36 bits per heavy atom. The first-order chi connectivity index (χ1) is 11.8. The van der Waals surface area contributed by atoms with Crippen LogP contribution in [0.5, 0.6) is 0 Å². The fourth-order valence-electron chi connectivity index (χ4n) is 1.91. The molecule has 0 aliphatic rings. The van der Waals surface area contributed by atoms with E-state index in [1.54, 1.807) is 26.2 Å². The van der Waals surface area contributed by atoms with E-state index in [0.717, 1.165) is 4.88 Å². The predicted molar refractivity (Wildman–Crippen MR) is 79.8 cm³/mol. The molecule has 25 heavy (non-hydrogen) atoms. The van der Waals surface area contributed by atoms with Crippen molar-refractivity contribution in [2.45, 2.75) is 12.7 Å². The Morgan fingerprint density at radius 3 is 2.76 bits per heavy atom. The van der Waals surface area contributed by atoms with E-state index in [0.29, 0.717) is 4.88 Å². The van der Waals surface area contributed by atoms with Crippen molar-refractivity contribution < 1.29 is 22.5 Å². The first kappa shape index (κ1) is 17.1. The average Bonchev–Trinajstić information content (AvgIpc) is 3.26. The molecule has 3 heterocycles. The number of aromatic nitrogens is 5. The SMILES string of the molecule is CN(C)C(=O)c1ncnn1Cc1ccc(-c2noc(C(F)(F)F)n2)s1. The lowest BCUT2D eigenvalue weighted by Crippen LogP contribution is -2.26. The summed E-state index contributed by atoms with van der Waals surface area (Å²) in [6.07, 6.45) is -3.42. The Balaban J connectivity index is 1.80. The highest BCUT2D eigenvalue weighted by Gasteiger charge is 2.38. The summed E-state index contributed by atoms with van der Waals surface area (Å²) in [7, 11) is 3.19. The monoisotopic (exact) mass is 372 g/mol. The molecule has 0 unspecified atom stereocenters. The smallest absolute Gasteiger partial charge is 0.342 e. The van der Waals surface area contributed by atoms with E-state index in [1.165, 1.54) is 27.2 Å². The van der Waals surface area contributed by atoms with Crippen LogP contribution in [0.1, 0.15) is 21.4 Å². The zero-order valence-electron chi connectivity index (χ0n) is 13.0. The molecule has 0 saturated heterocycles. The molecule has 1 amide bonds. The number of amides is 1. The Morgan fingerprint density at radius 2 is 2.12 bits per heavy atom. The van der Waals surface area contributed by atoms with E-state index in [1.807, 2.05) is 0 Å². The third-order valence-corrected chi connectivity index (χ3v) is 4.14. The summed E-state index contributed by atoms with van der Waals surface area (Å²) in [4.78, 5) is 21.8. The van der Waals surface area contributed by atoms with Crippen LogP contribution >= 0.6 is 11.3 Å². The van der Waals surface area contributed by atoms with E-state index in [2.05, 4.69) is 24.7 Å². The topological polar surface area (TPSA) is 89.9 Å². The zero-order valence-corrected chi connectivity index (χ0v) is 13.8. The molecule has 8 nitrogen and oxygen atoms in total. The van der Waals surface area contributed by atoms with Crippen LogP contribution < -0.4 is 0 Å². The Bertz CT molecular complexity index is 898. The summed E-state index contributed by atoms with van der Waals surface area (Å²) in [6, 6.07) is 3.27. The highest BCUT2D eigenvalue weighted by molar-refractivity contribution is 7.15. The van der Waals surface area contributed by atoms with Gasteiger partial charge < -0.3 is 9.42 Å². The standard InChI is InChI=1S/C13H11F3N6O2S/c1-21(2)11(23)10-17-6-18-22(10)5-7-3-4-8(25-7)9-19-12(24-20-9)13(14,15)16/h3-4,6H,5H2,1-2H3. The molecule has 0 radical (unpaired) electrons. The van der Waals surface area contributed by atoms with Gasteiger partial charge in [-0.3, -0.25) is 4.79 Å². The van der Waals surface area contributed by atoms with E-state index < -0.39 is 12.1 Å². The number of alkyl halides is 3. The van der Waals surface area contributed by atoms with Gasteiger partial charge in [0.25, 0.3) is 5.91 Å². The van der Waals surface area contributed by atoms with Crippen LogP contribution in [-0.2, 0) is 12.7 Å². The van der Waals surface area contributed by atoms with Crippen molar-refractivity contribution in [2.24, 2.45) is 0 Å². The van der Waals surface area contributed by atoms with E-state index in [4.69, 9.17) is 0 Å². The molecular formula is C13H11F3N6O2S. The van der Waals surface area contributed by atoms with E-state index in [-0.39, 0.29) is 24.1 Å². The summed E-state index contributed by atoms with van der Waals surface area (Å²) >= 11 is 1.17. The van der Waals surface area contributed by atoms with Crippen molar-refractivity contribution in [3.05, 3.63) is 35.1 Å². The van der Waals surface area contributed by atoms with Crippen LogP contribution in [0.15, 0.2) is 23.0 Å². The maximum Gasteiger partial charge on any atom is 0.471 e. The lowest BCUT2D eigenvalue weighted by molar-refractivity contribution is -0.159. The predicted octanol–water partition coefficient (Wildman–Crippen LogP) is 2.16. The fraction of sp³-hybridized carbons (Fsp3) is 0.308. The zero-order chi connectivity index (χ0) is 18.2. The molecule has 0 aliphatic heterocycles. The highest BCUT2D eigenvalue weighted by atomic mass is 32.1. The van der Waals surface area contributed by atoms with Gasteiger partial charge in [-0.25, -0.2) is 9.67 Å². The maximum atomic E-state index is 12.5. The first-order valence-corrected chi connectivity index (χ1v) is 7.67. The number of nitrogens with zero attached hydrogens (tertiary/aromatic N) is 6. The third kappa shape index (κ3) is 3.52. The van der Waals surface area contributed by atoms with Gasteiger partial charge in [-0.05, 0) is 12.1 Å². The molecule has 0 saturated carbocycles. The van der Waals surface area contributed by atoms with Crippen molar-refractivity contribution in [2.75, 3.05) is 14.1 Å². The molecule has 3 rings (SSSR count). The van der Waals surface area contributed by atoms with Crippen molar-refractivity contribution >= 4 is 17.2 Å². The van der Waals surface area contributed by atoms with Gasteiger partial charge in [0.1, 0.15) is 6.33 Å². The van der Waals surface area contributed by atoms with E-state index in [9.17, 15) is 18.0 Å². The second-order valence-electron chi connectivity index (χ2n) is 5.13. The van der Waals surface area contributed by atoms with Crippen molar-refractivity contribution in [1.82, 2.24) is 29.8 Å². The molecule has 132 valence electrons. The number of carbonyl (C=O) groups excluding carboxylic acids is 1. The number of hydrogen-bond donors (Lipinski definition) is 0. The molecule has 0 bridgehead atoms. The van der Waals surface area contributed by atoms with Gasteiger partial charge in [0.2, 0.25) is 11.6 Å². The molecule has 0 fully saturated rings. The number of carbonyl (C=O) groups is 1. The maximum absolute atomic E-state index is 12.5. The summed E-state index contributed by atoms with van der Waals surface area (Å²) in [5.74, 6) is -1.68. The number of rotatable bonds is 4.